The summed E-state index contributed by atoms with van der Waals surface area (Å²) in [5.41, 5.74) is 2.42. The van der Waals surface area contributed by atoms with Gasteiger partial charge in [-0.3, -0.25) is 0 Å². The Morgan fingerprint density at radius 1 is 1.13 bits per heavy atom. The Kier molecular flexibility index (Phi) is 7.40. The summed E-state index contributed by atoms with van der Waals surface area (Å²) in [6.45, 7) is 6.71. The number of methoxy groups -OCH3 is 1. The molecule has 2 N–H and O–H groups in total. The Hall–Kier alpha value is -1.55. The van der Waals surface area contributed by atoms with Crippen molar-refractivity contribution in [2.45, 2.75) is 58.7 Å². The van der Waals surface area contributed by atoms with E-state index in [-0.39, 0.29) is 0 Å². The van der Waals surface area contributed by atoms with Crippen LogP contribution < -0.4 is 10.6 Å². The van der Waals surface area contributed by atoms with Crippen LogP contribution in [0.2, 0.25) is 0 Å². The third kappa shape index (κ3) is 6.22. The number of aliphatic imine (C=N–C) groups is 1. The number of nitrogens with one attached hydrogen (secondary N) is 2. The molecule has 0 saturated heterocycles. The molecule has 0 amide bonds. The van der Waals surface area contributed by atoms with E-state index in [0.29, 0.717) is 19.2 Å². The summed E-state index contributed by atoms with van der Waals surface area (Å²) >= 11 is 0. The zero-order chi connectivity index (χ0) is 16.5. The van der Waals surface area contributed by atoms with E-state index in [0.717, 1.165) is 18.4 Å². The monoisotopic (exact) mass is 317 g/mol. The van der Waals surface area contributed by atoms with E-state index in [1.807, 2.05) is 0 Å². The Labute approximate surface area is 140 Å². The maximum absolute atomic E-state index is 5.14. The number of hydrogen-bond acceptors (Lipinski definition) is 2. The molecule has 0 heterocycles. The molecule has 1 aliphatic carbocycles. The summed E-state index contributed by atoms with van der Waals surface area (Å²) in [7, 11) is 1.72. The Morgan fingerprint density at radius 2 is 1.78 bits per heavy atom. The van der Waals surface area contributed by atoms with E-state index in [1.165, 1.54) is 36.8 Å². The Bertz CT molecular complexity index is 476. The molecule has 0 radical (unpaired) electrons. The molecule has 1 saturated carbocycles. The van der Waals surface area contributed by atoms with Crippen LogP contribution in [-0.2, 0) is 17.9 Å². The number of nitrogens with zero attached hydrogens (tertiary/aromatic N) is 1. The van der Waals surface area contributed by atoms with E-state index in [2.05, 4.69) is 48.7 Å². The maximum atomic E-state index is 5.14. The van der Waals surface area contributed by atoms with Crippen molar-refractivity contribution < 1.29 is 4.74 Å². The zero-order valence-electron chi connectivity index (χ0n) is 14.8. The molecule has 1 aromatic rings. The molecule has 0 aromatic heterocycles. The van der Waals surface area contributed by atoms with Gasteiger partial charge in [-0.1, -0.05) is 31.2 Å². The molecular weight excluding hydrogens is 286 g/mol. The van der Waals surface area contributed by atoms with Gasteiger partial charge in [0.1, 0.15) is 0 Å². The fourth-order valence-corrected chi connectivity index (χ4v) is 3.00. The van der Waals surface area contributed by atoms with Crippen molar-refractivity contribution >= 4 is 5.96 Å². The molecule has 128 valence electrons. The first kappa shape index (κ1) is 17.8. The second-order valence-corrected chi connectivity index (χ2v) is 6.55. The highest BCUT2D eigenvalue weighted by Gasteiger charge is 2.18. The highest BCUT2D eigenvalue weighted by molar-refractivity contribution is 5.80. The van der Waals surface area contributed by atoms with E-state index in [1.54, 1.807) is 7.11 Å². The SMILES string of the molecule is CCNC(=NCc1ccc(COC)cc1)NC1CCC(C)CC1. The lowest BCUT2D eigenvalue weighted by Gasteiger charge is -2.28. The van der Waals surface area contributed by atoms with Crippen LogP contribution in [0.15, 0.2) is 29.3 Å². The quantitative estimate of drug-likeness (QED) is 0.624. The maximum Gasteiger partial charge on any atom is 0.191 e. The molecule has 4 heteroatoms. The first-order chi connectivity index (χ1) is 11.2. The van der Waals surface area contributed by atoms with E-state index in [4.69, 9.17) is 9.73 Å². The van der Waals surface area contributed by atoms with Gasteiger partial charge in [-0.15, -0.1) is 0 Å². The van der Waals surface area contributed by atoms with Gasteiger partial charge in [0.25, 0.3) is 0 Å². The summed E-state index contributed by atoms with van der Waals surface area (Å²) in [4.78, 5) is 4.74. The van der Waals surface area contributed by atoms with Crippen LogP contribution in [0, 0.1) is 5.92 Å². The standard InChI is InChI=1S/C19H31N3O/c1-4-20-19(22-18-11-5-15(2)6-12-18)21-13-16-7-9-17(10-8-16)14-23-3/h7-10,15,18H,4-6,11-14H2,1-3H3,(H2,20,21,22). The van der Waals surface area contributed by atoms with Crippen molar-refractivity contribution in [1.82, 2.24) is 10.6 Å². The molecule has 0 spiro atoms. The van der Waals surface area contributed by atoms with Crippen LogP contribution >= 0.6 is 0 Å². The van der Waals surface area contributed by atoms with Gasteiger partial charge >= 0.3 is 0 Å². The summed E-state index contributed by atoms with van der Waals surface area (Å²) in [6.07, 6.45) is 5.13. The lowest BCUT2D eigenvalue weighted by atomic mass is 9.87. The second kappa shape index (κ2) is 9.56. The lowest BCUT2D eigenvalue weighted by molar-refractivity contribution is 0.185. The minimum absolute atomic E-state index is 0.563. The van der Waals surface area contributed by atoms with Gasteiger partial charge in [0.2, 0.25) is 0 Å². The molecule has 0 unspecified atom stereocenters. The predicted octanol–water partition coefficient (Wildman–Crippen LogP) is 3.47. The van der Waals surface area contributed by atoms with Crippen molar-refractivity contribution in [2.24, 2.45) is 10.9 Å². The molecule has 1 fully saturated rings. The Morgan fingerprint density at radius 3 is 2.39 bits per heavy atom. The molecule has 0 atom stereocenters. The molecule has 1 aliphatic rings. The summed E-state index contributed by atoms with van der Waals surface area (Å²) in [5, 5.41) is 6.96. The van der Waals surface area contributed by atoms with Crippen LogP contribution in [0.4, 0.5) is 0 Å². The number of hydrogen-bond donors (Lipinski definition) is 2. The van der Waals surface area contributed by atoms with Crippen LogP contribution in [0.5, 0.6) is 0 Å². The van der Waals surface area contributed by atoms with Gasteiger partial charge in [0.05, 0.1) is 13.2 Å². The molecule has 2 rings (SSSR count). The van der Waals surface area contributed by atoms with Gasteiger partial charge in [0.15, 0.2) is 5.96 Å². The predicted molar refractivity (Wildman–Crippen MR) is 96.5 cm³/mol. The highest BCUT2D eigenvalue weighted by atomic mass is 16.5. The van der Waals surface area contributed by atoms with E-state index < -0.39 is 0 Å². The topological polar surface area (TPSA) is 45.7 Å². The average Bonchev–Trinajstić information content (AvgIpc) is 2.56. The average molecular weight is 317 g/mol. The van der Waals surface area contributed by atoms with Gasteiger partial charge in [0, 0.05) is 19.7 Å². The highest BCUT2D eigenvalue weighted by Crippen LogP contribution is 2.23. The van der Waals surface area contributed by atoms with Crippen LogP contribution in [0.3, 0.4) is 0 Å². The minimum atomic E-state index is 0.563. The van der Waals surface area contributed by atoms with Crippen molar-refractivity contribution in [2.75, 3.05) is 13.7 Å². The molecular formula is C19H31N3O. The fraction of sp³-hybridized carbons (Fsp3) is 0.632. The Balaban J connectivity index is 1.89. The first-order valence-corrected chi connectivity index (χ1v) is 8.82. The van der Waals surface area contributed by atoms with Crippen molar-refractivity contribution in [3.05, 3.63) is 35.4 Å². The summed E-state index contributed by atoms with van der Waals surface area (Å²) in [6, 6.07) is 9.04. The molecule has 1 aromatic carbocycles. The summed E-state index contributed by atoms with van der Waals surface area (Å²) in [5.74, 6) is 1.81. The largest absolute Gasteiger partial charge is 0.380 e. The van der Waals surface area contributed by atoms with Gasteiger partial charge in [-0.2, -0.15) is 0 Å². The van der Waals surface area contributed by atoms with Crippen molar-refractivity contribution in [3.63, 3.8) is 0 Å². The lowest BCUT2D eigenvalue weighted by Crippen LogP contribution is -2.44. The minimum Gasteiger partial charge on any atom is -0.380 e. The molecule has 23 heavy (non-hydrogen) atoms. The molecule has 0 bridgehead atoms. The van der Waals surface area contributed by atoms with Gasteiger partial charge in [-0.05, 0) is 49.7 Å². The number of ether oxygens (including phenoxy) is 1. The molecule has 4 nitrogen and oxygen atoms in total. The smallest absolute Gasteiger partial charge is 0.191 e. The van der Waals surface area contributed by atoms with Crippen LogP contribution in [0.25, 0.3) is 0 Å². The third-order valence-electron chi connectivity index (χ3n) is 4.45. The van der Waals surface area contributed by atoms with Crippen molar-refractivity contribution in [3.8, 4) is 0 Å². The normalized spacial score (nSPS) is 22.0. The number of benzene rings is 1. The van der Waals surface area contributed by atoms with Gasteiger partial charge < -0.3 is 15.4 Å². The number of rotatable bonds is 6. The van der Waals surface area contributed by atoms with E-state index in [9.17, 15) is 0 Å². The zero-order valence-corrected chi connectivity index (χ0v) is 14.8. The van der Waals surface area contributed by atoms with Crippen LogP contribution in [0.1, 0.15) is 50.7 Å². The first-order valence-electron chi connectivity index (χ1n) is 8.82. The fourth-order valence-electron chi connectivity index (χ4n) is 3.00. The second-order valence-electron chi connectivity index (χ2n) is 6.55. The molecule has 0 aliphatic heterocycles. The third-order valence-corrected chi connectivity index (χ3v) is 4.45. The summed E-state index contributed by atoms with van der Waals surface area (Å²) < 4.78 is 5.14. The van der Waals surface area contributed by atoms with E-state index >= 15 is 0 Å². The van der Waals surface area contributed by atoms with Gasteiger partial charge in [-0.25, -0.2) is 4.99 Å². The van der Waals surface area contributed by atoms with Crippen molar-refractivity contribution in [1.29, 1.82) is 0 Å². The van der Waals surface area contributed by atoms with Crippen LogP contribution in [-0.4, -0.2) is 25.7 Å². The number of guanidine groups is 1.